The summed E-state index contributed by atoms with van der Waals surface area (Å²) in [6.07, 6.45) is 0.281. The number of hydrogen-bond donors (Lipinski definition) is 1. The Hall–Kier alpha value is -1.47. The van der Waals surface area contributed by atoms with Gasteiger partial charge in [0, 0.05) is 13.1 Å². The molecule has 1 aliphatic rings. The zero-order valence-electron chi connectivity index (χ0n) is 10.3. The van der Waals surface area contributed by atoms with Crippen LogP contribution in [0.3, 0.4) is 0 Å². The van der Waals surface area contributed by atoms with Gasteiger partial charge in [0.15, 0.2) is 0 Å². The van der Waals surface area contributed by atoms with Crippen LogP contribution in [-0.2, 0) is 14.8 Å². The average molecular weight is 287 g/mol. The first-order valence-electron chi connectivity index (χ1n) is 5.81. The van der Waals surface area contributed by atoms with Gasteiger partial charge in [-0.3, -0.25) is 4.79 Å². The van der Waals surface area contributed by atoms with Crippen molar-refractivity contribution in [1.82, 2.24) is 4.31 Å². The minimum atomic E-state index is -3.81. The molecular weight excluding hydrogens is 273 g/mol. The summed E-state index contributed by atoms with van der Waals surface area (Å²) in [5.74, 6) is -2.28. The normalized spacial score (nSPS) is 20.6. The van der Waals surface area contributed by atoms with Crippen LogP contribution < -0.4 is 0 Å². The van der Waals surface area contributed by atoms with Gasteiger partial charge in [0.25, 0.3) is 0 Å². The number of rotatable bonds is 3. The number of halogens is 1. The Balaban J connectivity index is 2.28. The van der Waals surface area contributed by atoms with Gasteiger partial charge in [-0.05, 0) is 31.0 Å². The van der Waals surface area contributed by atoms with E-state index >= 15 is 0 Å². The van der Waals surface area contributed by atoms with Gasteiger partial charge in [-0.1, -0.05) is 6.07 Å². The average Bonchev–Trinajstić information content (AvgIpc) is 2.82. The SMILES string of the molecule is Cc1ccc(S(=O)(=O)N2CC[C@H](C(=O)O)C2)cc1F. The topological polar surface area (TPSA) is 74.7 Å². The molecule has 7 heteroatoms. The maximum atomic E-state index is 13.4. The van der Waals surface area contributed by atoms with Gasteiger partial charge in [-0.2, -0.15) is 4.31 Å². The lowest BCUT2D eigenvalue weighted by Crippen LogP contribution is -2.30. The van der Waals surface area contributed by atoms with Crippen molar-refractivity contribution < 1.29 is 22.7 Å². The summed E-state index contributed by atoms with van der Waals surface area (Å²) in [7, 11) is -3.81. The van der Waals surface area contributed by atoms with Gasteiger partial charge in [-0.25, -0.2) is 12.8 Å². The third-order valence-corrected chi connectivity index (χ3v) is 5.14. The van der Waals surface area contributed by atoms with Crippen LogP contribution in [0.5, 0.6) is 0 Å². The molecule has 0 saturated carbocycles. The fraction of sp³-hybridized carbons (Fsp3) is 0.417. The van der Waals surface area contributed by atoms with E-state index in [2.05, 4.69) is 0 Å². The van der Waals surface area contributed by atoms with Crippen molar-refractivity contribution in [3.63, 3.8) is 0 Å². The first-order valence-corrected chi connectivity index (χ1v) is 7.25. The molecule has 0 aromatic heterocycles. The Kier molecular flexibility index (Phi) is 3.60. The van der Waals surface area contributed by atoms with Crippen LogP contribution in [0.1, 0.15) is 12.0 Å². The lowest BCUT2D eigenvalue weighted by molar-refractivity contribution is -0.141. The summed E-state index contributed by atoms with van der Waals surface area (Å²) in [5.41, 5.74) is 0.365. The summed E-state index contributed by atoms with van der Waals surface area (Å²) in [4.78, 5) is 10.7. The van der Waals surface area contributed by atoms with E-state index in [1.54, 1.807) is 6.92 Å². The predicted octanol–water partition coefficient (Wildman–Crippen LogP) is 1.23. The fourth-order valence-electron chi connectivity index (χ4n) is 2.03. The minimum absolute atomic E-state index is 0.0623. The van der Waals surface area contributed by atoms with Gasteiger partial charge < -0.3 is 5.11 Å². The van der Waals surface area contributed by atoms with Crippen LogP contribution in [-0.4, -0.2) is 36.9 Å². The lowest BCUT2D eigenvalue weighted by Gasteiger charge is -2.16. The van der Waals surface area contributed by atoms with Gasteiger partial charge in [0.2, 0.25) is 10.0 Å². The highest BCUT2D eigenvalue weighted by molar-refractivity contribution is 7.89. The lowest BCUT2D eigenvalue weighted by atomic mass is 10.1. The highest BCUT2D eigenvalue weighted by Crippen LogP contribution is 2.25. The maximum absolute atomic E-state index is 13.4. The summed E-state index contributed by atoms with van der Waals surface area (Å²) in [6.45, 7) is 1.63. The monoisotopic (exact) mass is 287 g/mol. The Labute approximate surface area is 110 Å². The van der Waals surface area contributed by atoms with E-state index in [1.807, 2.05) is 0 Å². The number of carbonyl (C=O) groups is 1. The van der Waals surface area contributed by atoms with Crippen LogP contribution >= 0.6 is 0 Å². The molecule has 2 rings (SSSR count). The Morgan fingerprint density at radius 1 is 1.47 bits per heavy atom. The van der Waals surface area contributed by atoms with Crippen molar-refractivity contribution in [3.05, 3.63) is 29.6 Å². The first-order chi connectivity index (χ1) is 8.82. The number of aliphatic carboxylic acids is 1. The molecule has 0 aliphatic carbocycles. The van der Waals surface area contributed by atoms with Crippen molar-refractivity contribution in [2.75, 3.05) is 13.1 Å². The van der Waals surface area contributed by atoms with Crippen LogP contribution in [0, 0.1) is 18.7 Å². The molecule has 104 valence electrons. The Bertz CT molecular complexity index is 614. The van der Waals surface area contributed by atoms with Crippen LogP contribution in [0.25, 0.3) is 0 Å². The molecule has 0 amide bonds. The largest absolute Gasteiger partial charge is 0.481 e. The van der Waals surface area contributed by atoms with E-state index in [9.17, 15) is 17.6 Å². The molecule has 1 aromatic rings. The molecule has 1 fully saturated rings. The highest BCUT2D eigenvalue weighted by atomic mass is 32.2. The fourth-order valence-corrected chi connectivity index (χ4v) is 3.54. The number of sulfonamides is 1. The molecule has 1 aliphatic heterocycles. The molecule has 19 heavy (non-hydrogen) atoms. The van der Waals surface area contributed by atoms with Crippen molar-refractivity contribution >= 4 is 16.0 Å². The van der Waals surface area contributed by atoms with Crippen molar-refractivity contribution in [2.45, 2.75) is 18.2 Å². The molecule has 0 spiro atoms. The number of carboxylic acids is 1. The molecule has 0 radical (unpaired) electrons. The number of carboxylic acid groups (broad SMARTS) is 1. The summed E-state index contributed by atoms with van der Waals surface area (Å²) in [5, 5.41) is 8.87. The molecule has 5 nitrogen and oxygen atoms in total. The Morgan fingerprint density at radius 3 is 2.68 bits per heavy atom. The van der Waals surface area contributed by atoms with E-state index in [0.29, 0.717) is 5.56 Å². The zero-order valence-corrected chi connectivity index (χ0v) is 11.2. The van der Waals surface area contributed by atoms with Crippen molar-refractivity contribution in [1.29, 1.82) is 0 Å². The minimum Gasteiger partial charge on any atom is -0.481 e. The summed E-state index contributed by atoms with van der Waals surface area (Å²) in [6, 6.07) is 3.70. The summed E-state index contributed by atoms with van der Waals surface area (Å²) >= 11 is 0. The smallest absolute Gasteiger partial charge is 0.307 e. The third kappa shape index (κ3) is 2.62. The molecular formula is C12H14FNO4S. The van der Waals surface area contributed by atoms with Crippen molar-refractivity contribution in [3.8, 4) is 0 Å². The second kappa shape index (κ2) is 4.90. The Morgan fingerprint density at radius 2 is 2.16 bits per heavy atom. The van der Waals surface area contributed by atoms with Gasteiger partial charge in [0.05, 0.1) is 10.8 Å². The van der Waals surface area contributed by atoms with Crippen LogP contribution in [0.4, 0.5) is 4.39 Å². The molecule has 1 heterocycles. The second-order valence-corrected chi connectivity index (χ2v) is 6.54. The highest BCUT2D eigenvalue weighted by Gasteiger charge is 2.35. The molecule has 1 N–H and O–H groups in total. The molecule has 0 bridgehead atoms. The molecule has 0 unspecified atom stereocenters. The van der Waals surface area contributed by atoms with E-state index < -0.39 is 27.7 Å². The number of benzene rings is 1. The first kappa shape index (κ1) is 14.0. The third-order valence-electron chi connectivity index (χ3n) is 3.28. The van der Waals surface area contributed by atoms with Gasteiger partial charge in [0.1, 0.15) is 5.82 Å². The van der Waals surface area contributed by atoms with E-state index in [-0.39, 0.29) is 24.4 Å². The molecule has 1 saturated heterocycles. The van der Waals surface area contributed by atoms with E-state index in [1.165, 1.54) is 12.1 Å². The van der Waals surface area contributed by atoms with Crippen LogP contribution in [0.2, 0.25) is 0 Å². The second-order valence-electron chi connectivity index (χ2n) is 4.60. The number of hydrogen-bond acceptors (Lipinski definition) is 3. The zero-order chi connectivity index (χ0) is 14.2. The van der Waals surface area contributed by atoms with E-state index in [4.69, 9.17) is 5.11 Å². The predicted molar refractivity (Wildman–Crippen MR) is 65.6 cm³/mol. The molecule has 1 aromatic carbocycles. The van der Waals surface area contributed by atoms with Crippen molar-refractivity contribution in [2.24, 2.45) is 5.92 Å². The maximum Gasteiger partial charge on any atom is 0.307 e. The quantitative estimate of drug-likeness (QED) is 0.907. The number of nitrogens with zero attached hydrogens (tertiary/aromatic N) is 1. The summed E-state index contributed by atoms with van der Waals surface area (Å²) < 4.78 is 39.0. The number of aryl methyl sites for hydroxylation is 1. The van der Waals surface area contributed by atoms with E-state index in [0.717, 1.165) is 10.4 Å². The molecule has 1 atom stereocenters. The van der Waals surface area contributed by atoms with Crippen LogP contribution in [0.15, 0.2) is 23.1 Å². The van der Waals surface area contributed by atoms with Gasteiger partial charge in [-0.15, -0.1) is 0 Å². The van der Waals surface area contributed by atoms with Gasteiger partial charge >= 0.3 is 5.97 Å². The standard InChI is InChI=1S/C12H14FNO4S/c1-8-2-3-10(6-11(8)13)19(17,18)14-5-4-9(7-14)12(15)16/h2-3,6,9H,4-5,7H2,1H3,(H,15,16)/t9-/m0/s1.